The molecule has 4 aromatic rings. The number of aromatic nitrogens is 3. The van der Waals surface area contributed by atoms with Crippen molar-refractivity contribution in [1.82, 2.24) is 19.5 Å². The number of fused-ring (bicyclic) bond motifs is 5. The molecule has 2 aromatic carbocycles. The first-order valence-corrected chi connectivity index (χ1v) is 12.1. The maximum absolute atomic E-state index is 12.9. The zero-order chi connectivity index (χ0) is 22.7. The maximum Gasteiger partial charge on any atom is 0.282 e. The summed E-state index contributed by atoms with van der Waals surface area (Å²) in [5, 5.41) is 5.91. The number of hydrogen-bond donors (Lipinski definition) is 0. The summed E-state index contributed by atoms with van der Waals surface area (Å²) in [7, 11) is 1.95. The van der Waals surface area contributed by atoms with E-state index in [1.54, 1.807) is 17.8 Å². The predicted octanol–water partition coefficient (Wildman–Crippen LogP) is 4.22. The molecule has 1 amide bonds. The Kier molecular flexibility index (Phi) is 4.59. The lowest BCUT2D eigenvalue weighted by molar-refractivity contribution is -0.138. The number of benzene rings is 2. The number of para-hydroxylation sites is 1. The summed E-state index contributed by atoms with van der Waals surface area (Å²) in [5.41, 5.74) is 3.79. The summed E-state index contributed by atoms with van der Waals surface area (Å²) in [6.07, 6.45) is 3.46. The van der Waals surface area contributed by atoms with Gasteiger partial charge in [-0.25, -0.2) is 4.98 Å². The van der Waals surface area contributed by atoms with Gasteiger partial charge in [0.1, 0.15) is 5.03 Å². The molecule has 2 atom stereocenters. The average Bonchev–Trinajstić information content (AvgIpc) is 2.82. The van der Waals surface area contributed by atoms with E-state index in [0.717, 1.165) is 29.2 Å². The molecule has 0 saturated carbocycles. The largest absolute Gasteiger partial charge is 0.342 e. The number of aryl methyl sites for hydroxylation is 1. The summed E-state index contributed by atoms with van der Waals surface area (Å²) < 4.78 is 1.39. The number of nitrogens with zero attached hydrogens (tertiary/aromatic N) is 4. The van der Waals surface area contributed by atoms with E-state index in [-0.39, 0.29) is 22.9 Å². The number of carbonyl (C=O) groups is 1. The van der Waals surface area contributed by atoms with Gasteiger partial charge >= 0.3 is 0 Å². The van der Waals surface area contributed by atoms with Gasteiger partial charge in [0.25, 0.3) is 5.56 Å². The van der Waals surface area contributed by atoms with E-state index in [4.69, 9.17) is 0 Å². The van der Waals surface area contributed by atoms with Crippen molar-refractivity contribution in [3.63, 3.8) is 0 Å². The van der Waals surface area contributed by atoms with Crippen LogP contribution in [0.2, 0.25) is 0 Å². The molecule has 2 aliphatic rings. The van der Waals surface area contributed by atoms with Crippen molar-refractivity contribution in [2.24, 2.45) is 0 Å². The van der Waals surface area contributed by atoms with Crippen molar-refractivity contribution in [2.45, 2.75) is 54.0 Å². The molecular weight excluding hydrogens is 432 g/mol. The maximum atomic E-state index is 12.9. The Labute approximate surface area is 195 Å². The van der Waals surface area contributed by atoms with Crippen LogP contribution in [0, 0.1) is 0 Å². The standard InChI is InChI=1S/C26H24N4O2S/c1-26-14-13-24(31)29(2)21(26)10-7-16-15-17(8-9-19(16)26)33-23-12-11-22-27-20-6-4-3-5-18(20)25(32)30(22)28-23/h3-6,8-9,11-12,15,21H,7,10,13-14H2,1-2H3/t21-,26-/m1/s1. The van der Waals surface area contributed by atoms with Gasteiger partial charge < -0.3 is 4.90 Å². The topological polar surface area (TPSA) is 67.6 Å². The van der Waals surface area contributed by atoms with E-state index < -0.39 is 0 Å². The molecule has 0 N–H and O–H groups in total. The van der Waals surface area contributed by atoms with Crippen LogP contribution < -0.4 is 5.56 Å². The first kappa shape index (κ1) is 20.4. The minimum Gasteiger partial charge on any atom is -0.342 e. The van der Waals surface area contributed by atoms with Crippen LogP contribution in [0.5, 0.6) is 0 Å². The van der Waals surface area contributed by atoms with Gasteiger partial charge in [-0.2, -0.15) is 9.61 Å². The fraction of sp³-hybridized carbons (Fsp3) is 0.308. The number of carbonyl (C=O) groups excluding carboxylic acids is 1. The fourth-order valence-electron chi connectivity index (χ4n) is 5.63. The fourth-order valence-corrected chi connectivity index (χ4v) is 6.46. The highest BCUT2D eigenvalue weighted by Gasteiger charge is 2.46. The molecule has 1 aliphatic carbocycles. The quantitative estimate of drug-likeness (QED) is 0.423. The Hall–Kier alpha value is -3.19. The second-order valence-electron chi connectivity index (χ2n) is 9.27. The third kappa shape index (κ3) is 3.17. The van der Waals surface area contributed by atoms with Crippen LogP contribution in [0.15, 0.2) is 69.3 Å². The molecule has 0 unspecified atom stereocenters. The van der Waals surface area contributed by atoms with Gasteiger partial charge in [-0.15, -0.1) is 0 Å². The van der Waals surface area contributed by atoms with E-state index in [1.807, 2.05) is 42.3 Å². The molecule has 6 rings (SSSR count). The number of amides is 1. The highest BCUT2D eigenvalue weighted by Crippen LogP contribution is 2.46. The van der Waals surface area contributed by atoms with Gasteiger partial charge in [-0.3, -0.25) is 9.59 Å². The van der Waals surface area contributed by atoms with Crippen LogP contribution in [0.4, 0.5) is 0 Å². The molecule has 1 fully saturated rings. The molecule has 2 aromatic heterocycles. The van der Waals surface area contributed by atoms with Crippen LogP contribution in [-0.4, -0.2) is 38.5 Å². The summed E-state index contributed by atoms with van der Waals surface area (Å²) in [6, 6.07) is 18.0. The van der Waals surface area contributed by atoms with Gasteiger partial charge in [-0.1, -0.05) is 36.9 Å². The molecule has 3 heterocycles. The minimum absolute atomic E-state index is 0.000671. The van der Waals surface area contributed by atoms with Gasteiger partial charge in [-0.05, 0) is 66.8 Å². The minimum atomic E-state index is -0.154. The second kappa shape index (κ2) is 7.42. The van der Waals surface area contributed by atoms with E-state index in [1.165, 1.54) is 15.6 Å². The zero-order valence-electron chi connectivity index (χ0n) is 18.6. The van der Waals surface area contributed by atoms with Crippen LogP contribution in [0.25, 0.3) is 16.6 Å². The Bertz CT molecular complexity index is 1500. The van der Waals surface area contributed by atoms with Gasteiger partial charge in [0.2, 0.25) is 5.91 Å². The Morgan fingerprint density at radius 1 is 1.06 bits per heavy atom. The van der Waals surface area contributed by atoms with Crippen molar-refractivity contribution in [3.8, 4) is 0 Å². The average molecular weight is 457 g/mol. The molecule has 1 aliphatic heterocycles. The highest BCUT2D eigenvalue weighted by molar-refractivity contribution is 7.99. The lowest BCUT2D eigenvalue weighted by Gasteiger charge is -2.50. The van der Waals surface area contributed by atoms with Crippen LogP contribution in [0.1, 0.15) is 37.3 Å². The summed E-state index contributed by atoms with van der Waals surface area (Å²) >= 11 is 1.56. The Morgan fingerprint density at radius 3 is 2.79 bits per heavy atom. The Balaban J connectivity index is 1.34. The first-order valence-electron chi connectivity index (χ1n) is 11.3. The predicted molar refractivity (Wildman–Crippen MR) is 129 cm³/mol. The molecule has 0 bridgehead atoms. The first-order chi connectivity index (χ1) is 15.9. The summed E-state index contributed by atoms with van der Waals surface area (Å²) in [4.78, 5) is 32.8. The third-order valence-corrected chi connectivity index (χ3v) is 8.32. The van der Waals surface area contributed by atoms with Crippen molar-refractivity contribution in [2.75, 3.05) is 7.05 Å². The normalized spacial score (nSPS) is 22.4. The number of likely N-dealkylation sites (N-methyl/N-ethyl adjacent to an activating group) is 1. The van der Waals surface area contributed by atoms with Gasteiger partial charge in [0.05, 0.1) is 10.9 Å². The molecular formula is C26H24N4O2S. The molecule has 1 saturated heterocycles. The SMILES string of the molecule is CN1C(=O)CC[C@]2(C)c3ccc(Sc4ccc5nc6ccccc6c(=O)n5n4)cc3CC[C@@H]12. The van der Waals surface area contributed by atoms with E-state index in [0.29, 0.717) is 23.0 Å². The molecule has 166 valence electrons. The molecule has 0 spiro atoms. The van der Waals surface area contributed by atoms with Gasteiger partial charge in [0, 0.05) is 29.8 Å². The smallest absolute Gasteiger partial charge is 0.282 e. The van der Waals surface area contributed by atoms with Crippen molar-refractivity contribution in [1.29, 1.82) is 0 Å². The summed E-state index contributed by atoms with van der Waals surface area (Å²) in [5.74, 6) is 0.257. The lowest BCUT2D eigenvalue weighted by atomic mass is 9.63. The third-order valence-electron chi connectivity index (χ3n) is 7.41. The van der Waals surface area contributed by atoms with E-state index >= 15 is 0 Å². The van der Waals surface area contributed by atoms with Crippen LogP contribution >= 0.6 is 11.8 Å². The zero-order valence-corrected chi connectivity index (χ0v) is 19.4. The van der Waals surface area contributed by atoms with Crippen molar-refractivity contribution >= 4 is 34.2 Å². The Morgan fingerprint density at radius 2 is 1.91 bits per heavy atom. The number of hydrogen-bond acceptors (Lipinski definition) is 5. The number of likely N-dealkylation sites (tertiary alicyclic amines) is 1. The second-order valence-corrected chi connectivity index (χ2v) is 10.4. The monoisotopic (exact) mass is 456 g/mol. The van der Waals surface area contributed by atoms with Gasteiger partial charge in [0.15, 0.2) is 5.65 Å². The van der Waals surface area contributed by atoms with E-state index in [2.05, 4.69) is 35.2 Å². The number of piperidine rings is 1. The van der Waals surface area contributed by atoms with Crippen LogP contribution in [0.3, 0.4) is 0 Å². The number of rotatable bonds is 2. The molecule has 6 nitrogen and oxygen atoms in total. The molecule has 7 heteroatoms. The lowest BCUT2D eigenvalue weighted by Crippen LogP contribution is -2.56. The van der Waals surface area contributed by atoms with Crippen molar-refractivity contribution in [3.05, 3.63) is 76.1 Å². The van der Waals surface area contributed by atoms with Crippen LogP contribution in [-0.2, 0) is 16.6 Å². The van der Waals surface area contributed by atoms with Crippen molar-refractivity contribution < 1.29 is 4.79 Å². The van der Waals surface area contributed by atoms with E-state index in [9.17, 15) is 9.59 Å². The molecule has 0 radical (unpaired) electrons. The summed E-state index contributed by atoms with van der Waals surface area (Å²) in [6.45, 7) is 2.31. The molecule has 33 heavy (non-hydrogen) atoms. The highest BCUT2D eigenvalue weighted by atomic mass is 32.2.